The molecule has 4 heterocycles. The lowest BCUT2D eigenvalue weighted by Gasteiger charge is -2.47. The number of alkyl halides is 3. The van der Waals surface area contributed by atoms with Crippen LogP contribution in [0.15, 0.2) is 24.4 Å². The first kappa shape index (κ1) is 28.9. The molecule has 1 amide bonds. The molecule has 1 aromatic carbocycles. The Morgan fingerprint density at radius 2 is 1.93 bits per heavy atom. The number of nitrogens with two attached hydrogens (primary N) is 1. The summed E-state index contributed by atoms with van der Waals surface area (Å²) in [5, 5.41) is 4.66. The molecule has 3 atom stereocenters. The number of piperidine rings is 1. The number of likely N-dealkylation sites (tertiary alicyclic amines) is 1. The molecule has 216 valence electrons. The third-order valence-electron chi connectivity index (χ3n) is 8.00. The number of hydrogen-bond donors (Lipinski definition) is 1. The number of carbonyl (C=O) groups is 1. The van der Waals surface area contributed by atoms with Crippen LogP contribution in [0.4, 0.5) is 19.0 Å². The van der Waals surface area contributed by atoms with Crippen LogP contribution in [0.2, 0.25) is 10.0 Å². The predicted octanol–water partition coefficient (Wildman–Crippen LogP) is 5.42. The Kier molecular flexibility index (Phi) is 8.18. The molecule has 13 heteroatoms. The molecule has 0 bridgehead atoms. The second-order valence-electron chi connectivity index (χ2n) is 11.1. The lowest BCUT2D eigenvalue weighted by Crippen LogP contribution is -2.54. The minimum atomic E-state index is -4.69. The second kappa shape index (κ2) is 11.3. The van der Waals surface area contributed by atoms with Crippen LogP contribution in [0.3, 0.4) is 0 Å². The number of halogens is 5. The lowest BCUT2D eigenvalue weighted by molar-refractivity contribution is -0.140. The summed E-state index contributed by atoms with van der Waals surface area (Å²) >= 11 is 12.4. The van der Waals surface area contributed by atoms with Gasteiger partial charge in [0.1, 0.15) is 11.3 Å². The summed E-state index contributed by atoms with van der Waals surface area (Å²) in [4.78, 5) is 24.5. The molecular formula is C27H32Cl2F3N7O. The molecule has 2 aromatic heterocycles. The van der Waals surface area contributed by atoms with Gasteiger partial charge in [0.15, 0.2) is 11.3 Å². The normalized spacial score (nSPS) is 20.5. The zero-order valence-corrected chi connectivity index (χ0v) is 23.8. The first-order valence-electron chi connectivity index (χ1n) is 13.4. The molecule has 5 rings (SSSR count). The predicted molar refractivity (Wildman–Crippen MR) is 148 cm³/mol. The van der Waals surface area contributed by atoms with Gasteiger partial charge in [-0.25, -0.2) is 14.6 Å². The standard InChI is InChI=1S/C27H32Cl2F3N7O/c1-15(8-22(33)40)11-37-7-3-4-17(12-37)18-13-38(14-18)23-10-34-24-25(27(30,31)32)36-39(26(24)35-23)16(2)20-6-5-19(28)9-21(20)29/h5-6,9-10,15-18H,3-4,7-8,11-14H2,1-2H3,(H2,33,40)/t15-,16-,17+/m1/s1. The Bertz CT molecular complexity index is 1390. The maximum Gasteiger partial charge on any atom is 0.437 e. The van der Waals surface area contributed by atoms with E-state index in [0.717, 1.165) is 45.6 Å². The van der Waals surface area contributed by atoms with E-state index in [4.69, 9.17) is 28.9 Å². The van der Waals surface area contributed by atoms with Crippen molar-refractivity contribution in [2.24, 2.45) is 23.5 Å². The molecule has 0 radical (unpaired) electrons. The number of carbonyl (C=O) groups excluding carboxylic acids is 1. The van der Waals surface area contributed by atoms with Gasteiger partial charge in [0, 0.05) is 42.6 Å². The molecule has 0 spiro atoms. The van der Waals surface area contributed by atoms with E-state index in [0.29, 0.717) is 39.7 Å². The van der Waals surface area contributed by atoms with Crippen LogP contribution in [-0.2, 0) is 11.0 Å². The van der Waals surface area contributed by atoms with Gasteiger partial charge in [-0.2, -0.15) is 18.3 Å². The number of hydrogen-bond acceptors (Lipinski definition) is 6. The van der Waals surface area contributed by atoms with Gasteiger partial charge >= 0.3 is 6.18 Å². The number of anilines is 1. The first-order chi connectivity index (χ1) is 18.9. The zero-order valence-electron chi connectivity index (χ0n) is 22.3. The molecule has 0 unspecified atom stereocenters. The lowest BCUT2D eigenvalue weighted by atomic mass is 9.80. The van der Waals surface area contributed by atoms with E-state index >= 15 is 0 Å². The Hall–Kier alpha value is -2.63. The van der Waals surface area contributed by atoms with Crippen molar-refractivity contribution in [3.05, 3.63) is 45.7 Å². The Morgan fingerprint density at radius 1 is 1.18 bits per heavy atom. The van der Waals surface area contributed by atoms with Crippen LogP contribution >= 0.6 is 23.2 Å². The topological polar surface area (TPSA) is 93.2 Å². The number of benzene rings is 1. The van der Waals surface area contributed by atoms with Gasteiger partial charge in [0.25, 0.3) is 0 Å². The summed E-state index contributed by atoms with van der Waals surface area (Å²) in [7, 11) is 0. The number of amides is 1. The summed E-state index contributed by atoms with van der Waals surface area (Å²) in [6.45, 7) is 8.11. The monoisotopic (exact) mass is 597 g/mol. The van der Waals surface area contributed by atoms with E-state index in [1.165, 1.54) is 10.9 Å². The van der Waals surface area contributed by atoms with Crippen molar-refractivity contribution in [1.29, 1.82) is 0 Å². The van der Waals surface area contributed by atoms with E-state index < -0.39 is 17.9 Å². The van der Waals surface area contributed by atoms with Crippen molar-refractivity contribution in [3.63, 3.8) is 0 Å². The van der Waals surface area contributed by atoms with E-state index in [1.54, 1.807) is 25.1 Å². The van der Waals surface area contributed by atoms with E-state index in [-0.39, 0.29) is 23.0 Å². The Morgan fingerprint density at radius 3 is 2.60 bits per heavy atom. The van der Waals surface area contributed by atoms with Crippen molar-refractivity contribution < 1.29 is 18.0 Å². The van der Waals surface area contributed by atoms with Crippen molar-refractivity contribution >= 4 is 46.1 Å². The molecule has 0 aliphatic carbocycles. The summed E-state index contributed by atoms with van der Waals surface area (Å²) in [5.74, 6) is 1.43. The fraction of sp³-hybridized carbons (Fsp3) is 0.556. The van der Waals surface area contributed by atoms with Gasteiger partial charge < -0.3 is 15.5 Å². The third kappa shape index (κ3) is 6.01. The van der Waals surface area contributed by atoms with Crippen molar-refractivity contribution in [1.82, 2.24) is 24.6 Å². The highest BCUT2D eigenvalue weighted by Gasteiger charge is 2.40. The van der Waals surface area contributed by atoms with Crippen LogP contribution in [-0.4, -0.2) is 63.3 Å². The van der Waals surface area contributed by atoms with Gasteiger partial charge in [0.2, 0.25) is 5.91 Å². The van der Waals surface area contributed by atoms with E-state index in [2.05, 4.69) is 24.9 Å². The van der Waals surface area contributed by atoms with Gasteiger partial charge in [-0.15, -0.1) is 0 Å². The maximum atomic E-state index is 13.9. The van der Waals surface area contributed by atoms with Gasteiger partial charge in [-0.1, -0.05) is 36.2 Å². The second-order valence-corrected chi connectivity index (χ2v) is 12.0. The van der Waals surface area contributed by atoms with Gasteiger partial charge in [-0.05, 0) is 61.8 Å². The fourth-order valence-corrected chi connectivity index (χ4v) is 6.54. The van der Waals surface area contributed by atoms with Crippen molar-refractivity contribution in [2.75, 3.05) is 37.6 Å². The first-order valence-corrected chi connectivity index (χ1v) is 14.2. The smallest absolute Gasteiger partial charge is 0.370 e. The van der Waals surface area contributed by atoms with Gasteiger partial charge in [-0.3, -0.25) is 4.79 Å². The van der Waals surface area contributed by atoms with Crippen LogP contribution in [0.5, 0.6) is 0 Å². The molecule has 2 aliphatic heterocycles. The minimum Gasteiger partial charge on any atom is -0.370 e. The largest absolute Gasteiger partial charge is 0.437 e. The van der Waals surface area contributed by atoms with E-state index in [9.17, 15) is 18.0 Å². The van der Waals surface area contributed by atoms with Crippen molar-refractivity contribution in [3.8, 4) is 0 Å². The highest BCUT2D eigenvalue weighted by molar-refractivity contribution is 6.35. The number of primary amides is 1. The fourth-order valence-electron chi connectivity index (χ4n) is 5.97. The highest BCUT2D eigenvalue weighted by atomic mass is 35.5. The molecule has 2 aliphatic rings. The average Bonchev–Trinajstić information content (AvgIpc) is 3.22. The number of aromatic nitrogens is 4. The van der Waals surface area contributed by atoms with Crippen LogP contribution in [0.25, 0.3) is 11.2 Å². The molecule has 0 saturated carbocycles. The maximum absolute atomic E-state index is 13.9. The molecule has 2 saturated heterocycles. The minimum absolute atomic E-state index is 0.0547. The molecular weight excluding hydrogens is 566 g/mol. The molecule has 2 N–H and O–H groups in total. The Balaban J connectivity index is 1.34. The molecule has 2 fully saturated rings. The van der Waals surface area contributed by atoms with Gasteiger partial charge in [0.05, 0.1) is 12.2 Å². The number of nitrogens with zero attached hydrogens (tertiary/aromatic N) is 6. The van der Waals surface area contributed by atoms with Crippen molar-refractivity contribution in [2.45, 2.75) is 45.3 Å². The summed E-state index contributed by atoms with van der Waals surface area (Å²) < 4.78 is 42.9. The molecule has 3 aromatic rings. The average molecular weight is 599 g/mol. The summed E-state index contributed by atoms with van der Waals surface area (Å²) in [6.07, 6.45) is -0.675. The molecule has 40 heavy (non-hydrogen) atoms. The third-order valence-corrected chi connectivity index (χ3v) is 8.56. The molecule has 8 nitrogen and oxygen atoms in total. The summed E-state index contributed by atoms with van der Waals surface area (Å²) in [5.41, 5.74) is 4.62. The van der Waals surface area contributed by atoms with Crippen LogP contribution in [0, 0.1) is 17.8 Å². The summed E-state index contributed by atoms with van der Waals surface area (Å²) in [6, 6.07) is 4.22. The Labute approximate surface area is 240 Å². The number of rotatable bonds is 8. The van der Waals surface area contributed by atoms with Crippen LogP contribution in [0.1, 0.15) is 50.4 Å². The zero-order chi connectivity index (χ0) is 28.8. The van der Waals surface area contributed by atoms with Crippen LogP contribution < -0.4 is 10.6 Å². The SMILES string of the molecule is C[C@H](CC(N)=O)CN1CCC[C@H](C2CN(c3cnc4c(C(F)(F)F)nn([C@H](C)c5ccc(Cl)cc5Cl)c4n3)C2)C1. The number of fused-ring (bicyclic) bond motifs is 1. The quantitative estimate of drug-likeness (QED) is 0.372. The highest BCUT2D eigenvalue weighted by Crippen LogP contribution is 2.38. The van der Waals surface area contributed by atoms with E-state index in [1.807, 2.05) is 6.92 Å².